The predicted molar refractivity (Wildman–Crippen MR) is 238 cm³/mol. The Labute approximate surface area is 322 Å². The molecular weight excluding hydrogens is 661 g/mol. The molecule has 0 bridgehead atoms. The molecule has 10 aromatic carbocycles. The van der Waals surface area contributed by atoms with Crippen molar-refractivity contribution in [2.24, 2.45) is 0 Å². The molecule has 0 fully saturated rings. The van der Waals surface area contributed by atoms with E-state index in [0.29, 0.717) is 0 Å². The molecule has 0 aliphatic rings. The van der Waals surface area contributed by atoms with E-state index in [4.69, 9.17) is 0 Å². The lowest BCUT2D eigenvalue weighted by Crippen LogP contribution is -1.95. The molecule has 0 aliphatic heterocycles. The highest BCUT2D eigenvalue weighted by molar-refractivity contribution is 6.28. The van der Waals surface area contributed by atoms with Gasteiger partial charge in [-0.2, -0.15) is 0 Å². The largest absolute Gasteiger partial charge is 0.0955 e. The molecule has 0 aromatic heterocycles. The lowest BCUT2D eigenvalue weighted by atomic mass is 9.81. The van der Waals surface area contributed by atoms with Crippen molar-refractivity contribution < 1.29 is 0 Å². The molecule has 0 saturated heterocycles. The van der Waals surface area contributed by atoms with Gasteiger partial charge in [-0.3, -0.25) is 0 Å². The molecule has 0 N–H and O–H groups in total. The van der Waals surface area contributed by atoms with Crippen LogP contribution in [0.2, 0.25) is 0 Å². The second kappa shape index (κ2) is 13.4. The quantitative estimate of drug-likeness (QED) is 0.152. The standard InChI is InChI=1S/C55H38/c1-36(2)52-44-21-9-13-25-48(44)54(49-26-14-10-22-45(49)52)55-50-27-15-11-23-46(50)53(47-24-12-16-28-51(47)55)40-31-29-39(30-32-40)43-34-41(37-17-5-3-6-18-37)33-42(35-43)38-19-7-4-8-20-38/h3-35H,1H2,2H3. The topological polar surface area (TPSA) is 0 Å². The molecule has 55 heavy (non-hydrogen) atoms. The second-order valence-corrected chi connectivity index (χ2v) is 14.6. The summed E-state index contributed by atoms with van der Waals surface area (Å²) in [4.78, 5) is 0. The summed E-state index contributed by atoms with van der Waals surface area (Å²) in [5.74, 6) is 0. The van der Waals surface area contributed by atoms with Gasteiger partial charge in [0.2, 0.25) is 0 Å². The zero-order valence-corrected chi connectivity index (χ0v) is 30.8. The minimum atomic E-state index is 1.08. The molecule has 10 aromatic rings. The van der Waals surface area contributed by atoms with E-state index in [-0.39, 0.29) is 0 Å². The van der Waals surface area contributed by atoms with Gasteiger partial charge < -0.3 is 0 Å². The zero-order valence-electron chi connectivity index (χ0n) is 30.8. The molecule has 0 radical (unpaired) electrons. The Morgan fingerprint density at radius 3 is 0.909 bits per heavy atom. The van der Waals surface area contributed by atoms with Crippen LogP contribution in [0.5, 0.6) is 0 Å². The molecule has 258 valence electrons. The first-order chi connectivity index (χ1) is 27.1. The van der Waals surface area contributed by atoms with Crippen LogP contribution in [0.15, 0.2) is 207 Å². The van der Waals surface area contributed by atoms with E-state index in [1.807, 2.05) is 0 Å². The van der Waals surface area contributed by atoms with Crippen LogP contribution >= 0.6 is 0 Å². The van der Waals surface area contributed by atoms with E-state index in [2.05, 4.69) is 214 Å². The fourth-order valence-electron chi connectivity index (χ4n) is 8.78. The van der Waals surface area contributed by atoms with E-state index in [1.54, 1.807) is 0 Å². The second-order valence-electron chi connectivity index (χ2n) is 14.6. The van der Waals surface area contributed by atoms with E-state index < -0.39 is 0 Å². The van der Waals surface area contributed by atoms with Crippen LogP contribution in [-0.2, 0) is 0 Å². The minimum Gasteiger partial charge on any atom is -0.0955 e. The Morgan fingerprint density at radius 2 is 0.545 bits per heavy atom. The first kappa shape index (κ1) is 32.6. The van der Waals surface area contributed by atoms with Crippen molar-refractivity contribution in [2.75, 3.05) is 0 Å². The van der Waals surface area contributed by atoms with Gasteiger partial charge in [0.25, 0.3) is 0 Å². The normalized spacial score (nSPS) is 11.4. The van der Waals surface area contributed by atoms with Crippen molar-refractivity contribution in [1.29, 1.82) is 0 Å². The van der Waals surface area contributed by atoms with Gasteiger partial charge in [0, 0.05) is 0 Å². The van der Waals surface area contributed by atoms with Crippen molar-refractivity contribution in [3.63, 3.8) is 0 Å². The molecule has 0 unspecified atom stereocenters. The first-order valence-corrected chi connectivity index (χ1v) is 19.0. The van der Waals surface area contributed by atoms with Crippen molar-refractivity contribution >= 4 is 48.7 Å². The molecule has 0 nitrogen and oxygen atoms in total. The van der Waals surface area contributed by atoms with Crippen LogP contribution in [-0.4, -0.2) is 0 Å². The van der Waals surface area contributed by atoms with Crippen LogP contribution in [0, 0.1) is 0 Å². The van der Waals surface area contributed by atoms with E-state index in [9.17, 15) is 0 Å². The summed E-state index contributed by atoms with van der Waals surface area (Å²) in [5.41, 5.74) is 14.6. The highest BCUT2D eigenvalue weighted by Crippen LogP contribution is 2.49. The summed E-state index contributed by atoms with van der Waals surface area (Å²) in [6.45, 7) is 6.56. The summed E-state index contributed by atoms with van der Waals surface area (Å²) in [7, 11) is 0. The average Bonchev–Trinajstić information content (AvgIpc) is 3.25. The Hall–Kier alpha value is -7.02. The fraction of sp³-hybridized carbons (Fsp3) is 0.0182. The zero-order chi connectivity index (χ0) is 36.9. The molecule has 10 rings (SSSR count). The van der Waals surface area contributed by atoms with Crippen molar-refractivity contribution in [1.82, 2.24) is 0 Å². The summed E-state index contributed by atoms with van der Waals surface area (Å²) in [6, 6.07) is 73.2. The third-order valence-electron chi connectivity index (χ3n) is 11.2. The molecular formula is C55H38. The maximum absolute atomic E-state index is 4.43. The van der Waals surface area contributed by atoms with Gasteiger partial charge in [-0.25, -0.2) is 0 Å². The van der Waals surface area contributed by atoms with Crippen molar-refractivity contribution in [3.05, 3.63) is 212 Å². The SMILES string of the molecule is C=C(C)c1c2ccccc2c(-c2c3ccccc3c(-c3ccc(-c4cc(-c5ccccc5)cc(-c5ccccc5)c4)cc3)c3ccccc23)c2ccccc12. The number of rotatable bonds is 6. The Bertz CT molecular complexity index is 2900. The van der Waals surface area contributed by atoms with Gasteiger partial charge in [-0.1, -0.05) is 189 Å². The fourth-order valence-corrected chi connectivity index (χ4v) is 8.78. The Morgan fingerprint density at radius 1 is 0.273 bits per heavy atom. The van der Waals surface area contributed by atoms with Gasteiger partial charge in [0.1, 0.15) is 0 Å². The lowest BCUT2D eigenvalue weighted by molar-refractivity contribution is 1.56. The smallest absolute Gasteiger partial charge is 0.00139 e. The highest BCUT2D eigenvalue weighted by atomic mass is 14.2. The van der Waals surface area contributed by atoms with Gasteiger partial charge in [0.05, 0.1) is 0 Å². The maximum atomic E-state index is 4.43. The minimum absolute atomic E-state index is 1.08. The third-order valence-corrected chi connectivity index (χ3v) is 11.2. The number of benzene rings is 10. The van der Waals surface area contributed by atoms with Crippen LogP contribution < -0.4 is 0 Å². The van der Waals surface area contributed by atoms with E-state index in [0.717, 1.165) is 5.57 Å². The number of allylic oxidation sites excluding steroid dienone is 1. The number of hydrogen-bond acceptors (Lipinski definition) is 0. The van der Waals surface area contributed by atoms with Gasteiger partial charge in [-0.15, -0.1) is 0 Å². The summed E-state index contributed by atoms with van der Waals surface area (Å²) in [5, 5.41) is 9.98. The van der Waals surface area contributed by atoms with Crippen LogP contribution in [0.1, 0.15) is 12.5 Å². The average molecular weight is 699 g/mol. The monoisotopic (exact) mass is 698 g/mol. The maximum Gasteiger partial charge on any atom is -0.00139 e. The van der Waals surface area contributed by atoms with Crippen LogP contribution in [0.4, 0.5) is 0 Å². The molecule has 0 heterocycles. The van der Waals surface area contributed by atoms with Gasteiger partial charge >= 0.3 is 0 Å². The molecule has 0 amide bonds. The van der Waals surface area contributed by atoms with Crippen LogP contribution in [0.3, 0.4) is 0 Å². The predicted octanol–water partition coefficient (Wildman–Crippen LogP) is 15.7. The highest BCUT2D eigenvalue weighted by Gasteiger charge is 2.22. The lowest BCUT2D eigenvalue weighted by Gasteiger charge is -2.22. The summed E-state index contributed by atoms with van der Waals surface area (Å²) >= 11 is 0. The molecule has 0 spiro atoms. The first-order valence-electron chi connectivity index (χ1n) is 19.0. The molecule has 0 atom stereocenters. The van der Waals surface area contributed by atoms with Crippen molar-refractivity contribution in [3.8, 4) is 55.6 Å². The van der Waals surface area contributed by atoms with Crippen LogP contribution in [0.25, 0.3) is 104 Å². The Kier molecular flexibility index (Phi) is 7.97. The van der Waals surface area contributed by atoms with Gasteiger partial charge in [-0.05, 0) is 135 Å². The molecule has 0 heteroatoms. The number of fused-ring (bicyclic) bond motifs is 4. The summed E-state index contributed by atoms with van der Waals surface area (Å²) < 4.78 is 0. The van der Waals surface area contributed by atoms with E-state index in [1.165, 1.54) is 104 Å². The third kappa shape index (κ3) is 5.54. The van der Waals surface area contributed by atoms with Crippen molar-refractivity contribution in [2.45, 2.75) is 6.92 Å². The van der Waals surface area contributed by atoms with E-state index >= 15 is 0 Å². The number of hydrogen-bond donors (Lipinski definition) is 0. The molecule has 0 saturated carbocycles. The summed E-state index contributed by atoms with van der Waals surface area (Å²) in [6.07, 6.45) is 0. The van der Waals surface area contributed by atoms with Gasteiger partial charge in [0.15, 0.2) is 0 Å². The Balaban J connectivity index is 1.19. The molecule has 0 aliphatic carbocycles.